The molecule has 0 aromatic carbocycles. The molecule has 18 heavy (non-hydrogen) atoms. The lowest BCUT2D eigenvalue weighted by Gasteiger charge is -2.15. The van der Waals surface area contributed by atoms with Crippen LogP contribution >= 0.6 is 22.6 Å². The average molecular weight is 360 g/mol. The first-order valence-corrected chi connectivity index (χ1v) is 6.87. The Morgan fingerprint density at radius 3 is 2.61 bits per heavy atom. The molecule has 0 bridgehead atoms. The number of nitrogen functional groups attached to an aromatic ring is 2. The lowest BCUT2D eigenvalue weighted by atomic mass is 10.4. The standard InChI is InChI=1S/C9H13IN8/c1-2-18(4-10)3-5-13-6-7(11)14-9(12)15-8(6)17-16-5/h2-4H2,1H3,(H4,11,12,14,15,17). The van der Waals surface area contributed by atoms with Crippen molar-refractivity contribution < 1.29 is 0 Å². The van der Waals surface area contributed by atoms with E-state index in [1.807, 2.05) is 0 Å². The fourth-order valence-corrected chi connectivity index (χ4v) is 2.14. The second-order valence-electron chi connectivity index (χ2n) is 3.63. The van der Waals surface area contributed by atoms with Crippen molar-refractivity contribution in [3.05, 3.63) is 5.82 Å². The molecule has 0 unspecified atom stereocenters. The summed E-state index contributed by atoms with van der Waals surface area (Å²) in [6.07, 6.45) is 0. The van der Waals surface area contributed by atoms with E-state index in [-0.39, 0.29) is 11.8 Å². The number of halogens is 1. The van der Waals surface area contributed by atoms with E-state index in [9.17, 15) is 0 Å². The molecule has 2 aromatic heterocycles. The van der Waals surface area contributed by atoms with Crippen LogP contribution in [-0.2, 0) is 6.54 Å². The third-order valence-corrected chi connectivity index (χ3v) is 3.36. The van der Waals surface area contributed by atoms with Crippen LogP contribution in [0.15, 0.2) is 0 Å². The van der Waals surface area contributed by atoms with Crippen molar-refractivity contribution in [3.63, 3.8) is 0 Å². The minimum Gasteiger partial charge on any atom is -0.382 e. The van der Waals surface area contributed by atoms with Crippen LogP contribution in [0.2, 0.25) is 0 Å². The van der Waals surface area contributed by atoms with Gasteiger partial charge >= 0.3 is 0 Å². The van der Waals surface area contributed by atoms with E-state index < -0.39 is 0 Å². The summed E-state index contributed by atoms with van der Waals surface area (Å²) in [6, 6.07) is 0. The van der Waals surface area contributed by atoms with Crippen molar-refractivity contribution in [3.8, 4) is 0 Å². The molecule has 0 spiro atoms. The summed E-state index contributed by atoms with van der Waals surface area (Å²) in [5.74, 6) is 0.901. The lowest BCUT2D eigenvalue weighted by molar-refractivity contribution is 0.328. The monoisotopic (exact) mass is 360 g/mol. The first-order valence-electron chi connectivity index (χ1n) is 5.34. The summed E-state index contributed by atoms with van der Waals surface area (Å²) in [5, 5.41) is 7.99. The van der Waals surface area contributed by atoms with Crippen molar-refractivity contribution in [2.75, 3.05) is 22.6 Å². The molecule has 0 saturated carbocycles. The first-order chi connectivity index (χ1) is 8.63. The van der Waals surface area contributed by atoms with Gasteiger partial charge in [0, 0.05) is 0 Å². The molecule has 8 nitrogen and oxygen atoms in total. The SMILES string of the molecule is CCN(CI)Cc1nnc2nc(N)nc(N)c2n1. The van der Waals surface area contributed by atoms with Gasteiger partial charge in [0.25, 0.3) is 0 Å². The fraction of sp³-hybridized carbons (Fsp3) is 0.444. The molecule has 0 amide bonds. The van der Waals surface area contributed by atoms with Crippen molar-refractivity contribution in [1.82, 2.24) is 30.0 Å². The predicted octanol–water partition coefficient (Wildman–Crippen LogP) is 0.194. The Hall–Kier alpha value is -1.36. The molecule has 0 aliphatic carbocycles. The number of alkyl halides is 1. The van der Waals surface area contributed by atoms with Gasteiger partial charge in [-0.05, 0) is 6.54 Å². The number of rotatable bonds is 4. The number of fused-ring (bicyclic) bond motifs is 1. The molecule has 0 radical (unpaired) electrons. The second-order valence-corrected chi connectivity index (χ2v) is 4.31. The molecule has 0 aliphatic rings. The van der Waals surface area contributed by atoms with Gasteiger partial charge in [-0.1, -0.05) is 29.5 Å². The van der Waals surface area contributed by atoms with Crippen molar-refractivity contribution in [1.29, 1.82) is 0 Å². The van der Waals surface area contributed by atoms with Crippen molar-refractivity contribution >= 4 is 45.5 Å². The smallest absolute Gasteiger partial charge is 0.224 e. The zero-order valence-corrected chi connectivity index (χ0v) is 12.0. The van der Waals surface area contributed by atoms with Crippen LogP contribution in [0.25, 0.3) is 11.2 Å². The summed E-state index contributed by atoms with van der Waals surface area (Å²) in [7, 11) is 0. The zero-order chi connectivity index (χ0) is 13.1. The maximum absolute atomic E-state index is 5.75. The maximum atomic E-state index is 5.75. The molecule has 2 heterocycles. The number of aromatic nitrogens is 5. The highest BCUT2D eigenvalue weighted by Gasteiger charge is 2.10. The van der Waals surface area contributed by atoms with Crippen LogP contribution < -0.4 is 11.5 Å². The normalized spacial score (nSPS) is 11.3. The zero-order valence-electron chi connectivity index (χ0n) is 9.84. The Morgan fingerprint density at radius 2 is 1.94 bits per heavy atom. The molecule has 2 rings (SSSR count). The number of nitrogens with zero attached hydrogens (tertiary/aromatic N) is 6. The van der Waals surface area contributed by atoms with Gasteiger partial charge in [-0.15, -0.1) is 10.2 Å². The van der Waals surface area contributed by atoms with Gasteiger partial charge in [0.1, 0.15) is 0 Å². The highest BCUT2D eigenvalue weighted by molar-refractivity contribution is 14.1. The number of hydrogen-bond donors (Lipinski definition) is 2. The fourth-order valence-electron chi connectivity index (χ4n) is 1.42. The number of hydrogen-bond acceptors (Lipinski definition) is 8. The topological polar surface area (TPSA) is 120 Å². The highest BCUT2D eigenvalue weighted by atomic mass is 127. The molecule has 0 saturated heterocycles. The van der Waals surface area contributed by atoms with Crippen LogP contribution in [0.3, 0.4) is 0 Å². The molecule has 2 aromatic rings. The summed E-state index contributed by atoms with van der Waals surface area (Å²) in [4.78, 5) is 14.3. The second kappa shape index (κ2) is 5.52. The van der Waals surface area contributed by atoms with E-state index in [0.717, 1.165) is 11.1 Å². The first kappa shape index (κ1) is 13.1. The van der Waals surface area contributed by atoms with Crippen LogP contribution in [0.1, 0.15) is 12.7 Å². The average Bonchev–Trinajstić information content (AvgIpc) is 2.36. The Labute approximate surface area is 117 Å². The highest BCUT2D eigenvalue weighted by Crippen LogP contribution is 2.14. The van der Waals surface area contributed by atoms with Gasteiger partial charge in [-0.25, -0.2) is 4.98 Å². The van der Waals surface area contributed by atoms with Gasteiger partial charge in [-0.3, -0.25) is 4.90 Å². The quantitative estimate of drug-likeness (QED) is 0.451. The van der Waals surface area contributed by atoms with E-state index in [1.54, 1.807) is 0 Å². The molecule has 0 fully saturated rings. The molecule has 4 N–H and O–H groups in total. The number of anilines is 2. The number of nitrogens with two attached hydrogens (primary N) is 2. The van der Waals surface area contributed by atoms with E-state index in [4.69, 9.17) is 11.5 Å². The van der Waals surface area contributed by atoms with Crippen molar-refractivity contribution in [2.45, 2.75) is 13.5 Å². The Bertz CT molecular complexity index is 556. The molecule has 96 valence electrons. The minimum absolute atomic E-state index is 0.0753. The summed E-state index contributed by atoms with van der Waals surface area (Å²) >= 11 is 2.29. The van der Waals surface area contributed by atoms with Crippen LogP contribution in [-0.4, -0.2) is 41.1 Å². The summed E-state index contributed by atoms with van der Waals surface area (Å²) in [6.45, 7) is 3.61. The van der Waals surface area contributed by atoms with E-state index in [0.29, 0.717) is 23.5 Å². The van der Waals surface area contributed by atoms with Gasteiger partial charge in [0.2, 0.25) is 11.6 Å². The van der Waals surface area contributed by atoms with Crippen LogP contribution in [0.4, 0.5) is 11.8 Å². The lowest BCUT2D eigenvalue weighted by Crippen LogP contribution is -2.22. The van der Waals surface area contributed by atoms with E-state index >= 15 is 0 Å². The molecule has 9 heteroatoms. The van der Waals surface area contributed by atoms with E-state index in [2.05, 4.69) is 59.6 Å². The van der Waals surface area contributed by atoms with Crippen LogP contribution in [0, 0.1) is 0 Å². The molecule has 0 aliphatic heterocycles. The molecular weight excluding hydrogens is 347 g/mol. The van der Waals surface area contributed by atoms with Gasteiger partial charge in [0.15, 0.2) is 17.2 Å². The van der Waals surface area contributed by atoms with Gasteiger partial charge in [-0.2, -0.15) is 9.97 Å². The summed E-state index contributed by atoms with van der Waals surface area (Å²) in [5.41, 5.74) is 12.0. The Balaban J connectivity index is 2.38. The largest absolute Gasteiger partial charge is 0.382 e. The molecule has 0 atom stereocenters. The predicted molar refractivity (Wildman–Crippen MR) is 76.7 cm³/mol. The Morgan fingerprint density at radius 1 is 1.17 bits per heavy atom. The van der Waals surface area contributed by atoms with Crippen LogP contribution in [0.5, 0.6) is 0 Å². The van der Waals surface area contributed by atoms with Gasteiger partial charge in [0.05, 0.1) is 11.1 Å². The maximum Gasteiger partial charge on any atom is 0.224 e. The van der Waals surface area contributed by atoms with E-state index in [1.165, 1.54) is 0 Å². The Kier molecular flexibility index (Phi) is 4.01. The van der Waals surface area contributed by atoms with Crippen molar-refractivity contribution in [2.24, 2.45) is 0 Å². The third kappa shape index (κ3) is 2.72. The third-order valence-electron chi connectivity index (χ3n) is 2.39. The minimum atomic E-state index is 0.0753. The molecular formula is C9H13IN8. The summed E-state index contributed by atoms with van der Waals surface area (Å²) < 4.78 is 0.892. The van der Waals surface area contributed by atoms with Gasteiger partial charge < -0.3 is 11.5 Å².